The molecule has 2 unspecified atom stereocenters. The first kappa shape index (κ1) is 11.5. The Morgan fingerprint density at radius 2 is 1.87 bits per heavy atom. The lowest BCUT2D eigenvalue weighted by Gasteiger charge is -2.15. The van der Waals surface area contributed by atoms with Gasteiger partial charge in [-0.3, -0.25) is 4.79 Å². The summed E-state index contributed by atoms with van der Waals surface area (Å²) in [7, 11) is 1.55. The van der Waals surface area contributed by atoms with Crippen molar-refractivity contribution >= 4 is 5.97 Å². The number of aliphatic carboxylic acids is 1. The van der Waals surface area contributed by atoms with Gasteiger partial charge in [0.1, 0.15) is 5.75 Å². The van der Waals surface area contributed by atoms with E-state index in [1.165, 1.54) is 6.92 Å². The third-order valence-electron chi connectivity index (χ3n) is 2.32. The fourth-order valence-electron chi connectivity index (χ4n) is 1.22. The van der Waals surface area contributed by atoms with Gasteiger partial charge in [-0.05, 0) is 24.6 Å². The molecule has 0 bridgehead atoms. The summed E-state index contributed by atoms with van der Waals surface area (Å²) in [5.41, 5.74) is 0.575. The molecule has 1 aromatic rings. The smallest absolute Gasteiger partial charge is 0.309 e. The first-order chi connectivity index (χ1) is 7.06. The topological polar surface area (TPSA) is 66.8 Å². The fourth-order valence-corrected chi connectivity index (χ4v) is 1.22. The number of hydrogen-bond donors (Lipinski definition) is 2. The average molecular weight is 210 g/mol. The number of benzene rings is 1. The minimum Gasteiger partial charge on any atom is -0.497 e. The van der Waals surface area contributed by atoms with E-state index in [1.807, 2.05) is 0 Å². The van der Waals surface area contributed by atoms with Crippen molar-refractivity contribution in [2.24, 2.45) is 5.92 Å². The van der Waals surface area contributed by atoms with E-state index in [4.69, 9.17) is 9.84 Å². The zero-order valence-electron chi connectivity index (χ0n) is 8.68. The molecule has 2 atom stereocenters. The van der Waals surface area contributed by atoms with Crippen LogP contribution in [0.5, 0.6) is 5.75 Å². The number of carbonyl (C=O) groups is 1. The van der Waals surface area contributed by atoms with Crippen LogP contribution in [0.1, 0.15) is 18.6 Å². The Morgan fingerprint density at radius 1 is 1.33 bits per heavy atom. The predicted octanol–water partition coefficient (Wildman–Crippen LogP) is 1.45. The molecule has 0 aromatic heterocycles. The van der Waals surface area contributed by atoms with Crippen LogP contribution in [0.25, 0.3) is 0 Å². The zero-order chi connectivity index (χ0) is 11.4. The molecule has 0 aliphatic carbocycles. The van der Waals surface area contributed by atoms with Crippen LogP contribution in [0, 0.1) is 5.92 Å². The highest BCUT2D eigenvalue weighted by Crippen LogP contribution is 2.23. The van der Waals surface area contributed by atoms with Crippen LogP contribution in [-0.2, 0) is 4.79 Å². The summed E-state index contributed by atoms with van der Waals surface area (Å²) in [6.45, 7) is 1.47. The third-order valence-corrected chi connectivity index (χ3v) is 2.32. The molecule has 0 aliphatic heterocycles. The summed E-state index contributed by atoms with van der Waals surface area (Å²) < 4.78 is 4.96. The lowest BCUT2D eigenvalue weighted by molar-refractivity contribution is -0.145. The highest BCUT2D eigenvalue weighted by Gasteiger charge is 2.22. The number of carboxylic acid groups (broad SMARTS) is 1. The van der Waals surface area contributed by atoms with Crippen LogP contribution in [0.2, 0.25) is 0 Å². The van der Waals surface area contributed by atoms with Gasteiger partial charge in [0.15, 0.2) is 0 Å². The Kier molecular flexibility index (Phi) is 3.68. The Bertz CT molecular complexity index is 331. The van der Waals surface area contributed by atoms with E-state index >= 15 is 0 Å². The molecule has 4 nitrogen and oxygen atoms in total. The molecular formula is C11H14O4. The maximum atomic E-state index is 10.7. The summed E-state index contributed by atoms with van der Waals surface area (Å²) in [5.74, 6) is -1.16. The molecule has 2 N–H and O–H groups in total. The summed E-state index contributed by atoms with van der Waals surface area (Å²) in [5, 5.41) is 18.4. The number of rotatable bonds is 4. The predicted molar refractivity (Wildman–Crippen MR) is 54.8 cm³/mol. The van der Waals surface area contributed by atoms with E-state index in [9.17, 15) is 9.90 Å². The van der Waals surface area contributed by atoms with Crippen LogP contribution in [0.3, 0.4) is 0 Å². The SMILES string of the molecule is COc1ccc(C(O)C(C)C(=O)O)cc1. The van der Waals surface area contributed by atoms with E-state index < -0.39 is 18.0 Å². The van der Waals surface area contributed by atoms with Gasteiger partial charge in [-0.2, -0.15) is 0 Å². The number of methoxy groups -OCH3 is 1. The van der Waals surface area contributed by atoms with Gasteiger partial charge in [0.25, 0.3) is 0 Å². The van der Waals surface area contributed by atoms with Crippen molar-refractivity contribution in [2.45, 2.75) is 13.0 Å². The molecule has 0 radical (unpaired) electrons. The zero-order valence-corrected chi connectivity index (χ0v) is 8.68. The molecule has 4 heteroatoms. The standard InChI is InChI=1S/C11H14O4/c1-7(11(13)14)10(12)8-3-5-9(15-2)6-4-8/h3-7,10,12H,1-2H3,(H,13,14). The van der Waals surface area contributed by atoms with Crippen LogP contribution >= 0.6 is 0 Å². The summed E-state index contributed by atoms with van der Waals surface area (Å²) in [6, 6.07) is 6.69. The maximum Gasteiger partial charge on any atom is 0.309 e. The minimum absolute atomic E-state index is 0.575. The second-order valence-electron chi connectivity index (χ2n) is 3.34. The van der Waals surface area contributed by atoms with E-state index in [0.29, 0.717) is 11.3 Å². The maximum absolute atomic E-state index is 10.7. The molecule has 0 amide bonds. The van der Waals surface area contributed by atoms with E-state index in [-0.39, 0.29) is 0 Å². The van der Waals surface area contributed by atoms with Crippen molar-refractivity contribution in [3.63, 3.8) is 0 Å². The van der Waals surface area contributed by atoms with Crippen LogP contribution in [-0.4, -0.2) is 23.3 Å². The molecule has 0 heterocycles. The highest BCUT2D eigenvalue weighted by atomic mass is 16.5. The fraction of sp³-hybridized carbons (Fsp3) is 0.364. The normalized spacial score (nSPS) is 14.3. The summed E-state index contributed by atoms with van der Waals surface area (Å²) >= 11 is 0. The van der Waals surface area contributed by atoms with Crippen molar-refractivity contribution < 1.29 is 19.7 Å². The molecule has 0 saturated carbocycles. The Hall–Kier alpha value is -1.55. The van der Waals surface area contributed by atoms with Gasteiger partial charge in [-0.15, -0.1) is 0 Å². The van der Waals surface area contributed by atoms with Crippen molar-refractivity contribution in [3.8, 4) is 5.75 Å². The Balaban J connectivity index is 2.82. The molecule has 82 valence electrons. The number of aliphatic hydroxyl groups excluding tert-OH is 1. The summed E-state index contributed by atoms with van der Waals surface area (Å²) in [4.78, 5) is 10.7. The van der Waals surface area contributed by atoms with Crippen molar-refractivity contribution in [2.75, 3.05) is 7.11 Å². The molecule has 1 aromatic carbocycles. The Morgan fingerprint density at radius 3 is 2.27 bits per heavy atom. The lowest BCUT2D eigenvalue weighted by Crippen LogP contribution is -2.18. The molecule has 0 fully saturated rings. The molecular weight excluding hydrogens is 196 g/mol. The van der Waals surface area contributed by atoms with E-state index in [2.05, 4.69) is 0 Å². The highest BCUT2D eigenvalue weighted by molar-refractivity contribution is 5.70. The van der Waals surface area contributed by atoms with Gasteiger partial charge in [0.05, 0.1) is 19.1 Å². The van der Waals surface area contributed by atoms with Gasteiger partial charge in [-0.25, -0.2) is 0 Å². The average Bonchev–Trinajstić information content (AvgIpc) is 2.27. The monoisotopic (exact) mass is 210 g/mol. The molecule has 0 spiro atoms. The molecule has 1 rings (SSSR count). The van der Waals surface area contributed by atoms with E-state index in [0.717, 1.165) is 0 Å². The molecule has 0 aliphatic rings. The number of carboxylic acids is 1. The van der Waals surface area contributed by atoms with Gasteiger partial charge in [-0.1, -0.05) is 12.1 Å². The molecule has 15 heavy (non-hydrogen) atoms. The van der Waals surface area contributed by atoms with Gasteiger partial charge < -0.3 is 14.9 Å². The number of hydrogen-bond acceptors (Lipinski definition) is 3. The minimum atomic E-state index is -1.02. The van der Waals surface area contributed by atoms with Crippen LogP contribution in [0.15, 0.2) is 24.3 Å². The van der Waals surface area contributed by atoms with Gasteiger partial charge in [0, 0.05) is 0 Å². The largest absolute Gasteiger partial charge is 0.497 e. The number of ether oxygens (including phenoxy) is 1. The van der Waals surface area contributed by atoms with Crippen molar-refractivity contribution in [3.05, 3.63) is 29.8 Å². The first-order valence-corrected chi connectivity index (χ1v) is 4.61. The third kappa shape index (κ3) is 2.70. The van der Waals surface area contributed by atoms with Crippen LogP contribution in [0.4, 0.5) is 0 Å². The van der Waals surface area contributed by atoms with E-state index in [1.54, 1.807) is 31.4 Å². The molecule has 0 saturated heterocycles. The van der Waals surface area contributed by atoms with Gasteiger partial charge in [0.2, 0.25) is 0 Å². The lowest BCUT2D eigenvalue weighted by atomic mass is 9.98. The van der Waals surface area contributed by atoms with Crippen molar-refractivity contribution in [1.82, 2.24) is 0 Å². The van der Waals surface area contributed by atoms with Gasteiger partial charge >= 0.3 is 5.97 Å². The van der Waals surface area contributed by atoms with Crippen molar-refractivity contribution in [1.29, 1.82) is 0 Å². The van der Waals surface area contributed by atoms with Crippen LogP contribution < -0.4 is 4.74 Å². The number of aliphatic hydroxyl groups is 1. The summed E-state index contributed by atoms with van der Waals surface area (Å²) in [6.07, 6.45) is -0.992. The quantitative estimate of drug-likeness (QED) is 0.789. The Labute approximate surface area is 88.1 Å². The first-order valence-electron chi connectivity index (χ1n) is 4.61. The second-order valence-corrected chi connectivity index (χ2v) is 3.34. The second kappa shape index (κ2) is 4.79.